The number of rotatable bonds is 9. The maximum Gasteiger partial charge on any atom is 0.326 e. The van der Waals surface area contributed by atoms with E-state index in [1.807, 2.05) is 0 Å². The summed E-state index contributed by atoms with van der Waals surface area (Å²) in [5, 5.41) is 23.2. The van der Waals surface area contributed by atoms with Gasteiger partial charge in [-0.3, -0.25) is 19.4 Å². The quantitative estimate of drug-likeness (QED) is 0.164. The van der Waals surface area contributed by atoms with Crippen molar-refractivity contribution in [3.8, 4) is 0 Å². The Balaban J connectivity index is 0.00000385. The number of nitrogens with zero attached hydrogens (tertiary/aromatic N) is 3. The molecule has 3 aromatic rings. The number of carboxylic acid groups (broad SMARTS) is 2. The zero-order chi connectivity index (χ0) is 23.3. The number of carbonyl (C=O) groups is 3. The molecule has 0 unspecified atom stereocenters. The fourth-order valence-corrected chi connectivity index (χ4v) is 2.75. The first kappa shape index (κ1) is 25.6. The molecule has 0 aliphatic rings. The molecule has 13 nitrogen and oxygen atoms in total. The average molecular weight is 649 g/mol. The van der Waals surface area contributed by atoms with Crippen LogP contribution in [0.5, 0.6) is 0 Å². The number of carbonyl (C=O) groups excluding carboxylic acids is 1. The SMILES string of the molecule is Nc1nc2ncc(CNc3ccc(C(=O)N[C@@H](CCC(=O)O)C(=O)O)cc3)nc2c(=O)[nH]1.[Pb]. The molecule has 0 saturated heterocycles. The number of aromatic amines is 1. The Labute approximate surface area is 206 Å². The fraction of sp³-hybridized carbons (Fsp3) is 0.211. The predicted molar refractivity (Wildman–Crippen MR) is 118 cm³/mol. The van der Waals surface area contributed by atoms with Crippen LogP contribution in [0.25, 0.3) is 11.2 Å². The van der Waals surface area contributed by atoms with Crippen molar-refractivity contribution in [2.75, 3.05) is 11.1 Å². The summed E-state index contributed by atoms with van der Waals surface area (Å²) in [6.07, 6.45) is 0.840. The molecule has 1 amide bonds. The van der Waals surface area contributed by atoms with E-state index in [0.717, 1.165) is 0 Å². The van der Waals surface area contributed by atoms with E-state index in [1.54, 1.807) is 12.1 Å². The third kappa shape index (κ3) is 6.93. The van der Waals surface area contributed by atoms with Crippen molar-refractivity contribution in [1.29, 1.82) is 0 Å². The Morgan fingerprint density at radius 1 is 1.12 bits per heavy atom. The number of anilines is 2. The molecule has 0 saturated carbocycles. The van der Waals surface area contributed by atoms with Crippen molar-refractivity contribution >= 4 is 67.9 Å². The molecule has 1 atom stereocenters. The number of hydrogen-bond donors (Lipinski definition) is 6. The summed E-state index contributed by atoms with van der Waals surface area (Å²) in [5.41, 5.74) is 6.47. The molecule has 0 fully saturated rings. The van der Waals surface area contributed by atoms with Gasteiger partial charge in [0, 0.05) is 45.0 Å². The minimum Gasteiger partial charge on any atom is -0.481 e. The summed E-state index contributed by atoms with van der Waals surface area (Å²) >= 11 is 0. The van der Waals surface area contributed by atoms with Gasteiger partial charge in [0.15, 0.2) is 11.2 Å². The first-order valence-corrected chi connectivity index (χ1v) is 9.33. The summed E-state index contributed by atoms with van der Waals surface area (Å²) in [6.45, 7) is 0.231. The number of aromatic nitrogens is 4. The van der Waals surface area contributed by atoms with Gasteiger partial charge in [-0.15, -0.1) is 0 Å². The minimum atomic E-state index is -1.31. The molecule has 7 N–H and O–H groups in total. The summed E-state index contributed by atoms with van der Waals surface area (Å²) in [6, 6.07) is 4.86. The smallest absolute Gasteiger partial charge is 0.326 e. The number of fused-ring (bicyclic) bond motifs is 1. The van der Waals surface area contributed by atoms with Gasteiger partial charge in [0.25, 0.3) is 11.5 Å². The standard InChI is InChI=1S/C19H19N7O6.Pb/c20-19-25-15-14(17(30)26-19)23-11(8-22-15)7-21-10-3-1-9(2-4-10)16(29)24-12(18(31)32)5-6-13(27)28;/h1-4,8,12,21H,5-7H2,(H,24,29)(H,27,28)(H,31,32)(H3,20,22,25,26,30);/t12-;/m0./s1. The molecule has 14 heteroatoms. The Morgan fingerprint density at radius 3 is 2.45 bits per heavy atom. The van der Waals surface area contributed by atoms with Crippen LogP contribution in [0.1, 0.15) is 28.9 Å². The molecule has 4 radical (unpaired) electrons. The second-order valence-corrected chi connectivity index (χ2v) is 6.71. The number of aliphatic carboxylic acids is 2. The Bertz CT molecular complexity index is 1230. The van der Waals surface area contributed by atoms with Crippen molar-refractivity contribution in [2.45, 2.75) is 25.4 Å². The number of nitrogens with one attached hydrogen (secondary N) is 3. The van der Waals surface area contributed by atoms with Crippen LogP contribution >= 0.6 is 0 Å². The van der Waals surface area contributed by atoms with Crippen LogP contribution in [-0.2, 0) is 16.1 Å². The zero-order valence-electron chi connectivity index (χ0n) is 17.0. The van der Waals surface area contributed by atoms with E-state index in [0.29, 0.717) is 11.4 Å². The number of carboxylic acids is 2. The van der Waals surface area contributed by atoms with Crippen molar-refractivity contribution in [1.82, 2.24) is 25.3 Å². The normalized spacial score (nSPS) is 11.3. The summed E-state index contributed by atoms with van der Waals surface area (Å²) in [4.78, 5) is 60.6. The van der Waals surface area contributed by atoms with Gasteiger partial charge in [-0.2, -0.15) is 4.98 Å². The van der Waals surface area contributed by atoms with Gasteiger partial charge < -0.3 is 26.6 Å². The second kappa shape index (κ2) is 11.3. The van der Waals surface area contributed by atoms with Crippen LogP contribution in [0.2, 0.25) is 0 Å². The molecule has 3 rings (SSSR count). The van der Waals surface area contributed by atoms with E-state index >= 15 is 0 Å². The molecule has 0 aliphatic carbocycles. The van der Waals surface area contributed by atoms with E-state index in [4.69, 9.17) is 15.9 Å². The van der Waals surface area contributed by atoms with Crippen molar-refractivity contribution in [2.24, 2.45) is 0 Å². The van der Waals surface area contributed by atoms with Gasteiger partial charge in [-0.05, 0) is 30.7 Å². The largest absolute Gasteiger partial charge is 0.481 e. The molecular formula is C19H19N7O6Pb. The van der Waals surface area contributed by atoms with Crippen molar-refractivity contribution < 1.29 is 24.6 Å². The Hall–Kier alpha value is -3.63. The first-order valence-electron chi connectivity index (χ1n) is 9.33. The molecule has 0 bridgehead atoms. The van der Waals surface area contributed by atoms with Crippen LogP contribution in [0.15, 0.2) is 35.3 Å². The van der Waals surface area contributed by atoms with Gasteiger partial charge in [-0.1, -0.05) is 0 Å². The number of nitrogens with two attached hydrogens (primary N) is 1. The molecule has 170 valence electrons. The maximum absolute atomic E-state index is 12.3. The topological polar surface area (TPSA) is 213 Å². The van der Waals surface area contributed by atoms with Crippen molar-refractivity contribution in [3.63, 3.8) is 0 Å². The summed E-state index contributed by atoms with van der Waals surface area (Å²) in [7, 11) is 0. The van der Waals surface area contributed by atoms with Crippen LogP contribution < -0.4 is 21.9 Å². The molecular weight excluding hydrogens is 629 g/mol. The minimum absolute atomic E-state index is 0. The maximum atomic E-state index is 12.3. The Morgan fingerprint density at radius 2 is 1.82 bits per heavy atom. The summed E-state index contributed by atoms with van der Waals surface area (Å²) < 4.78 is 0. The number of nitrogen functional groups attached to an aromatic ring is 1. The predicted octanol–water partition coefficient (Wildman–Crippen LogP) is -0.426. The van der Waals surface area contributed by atoms with E-state index in [1.165, 1.54) is 18.3 Å². The van der Waals surface area contributed by atoms with Crippen LogP contribution in [0.4, 0.5) is 11.6 Å². The van der Waals surface area contributed by atoms with Gasteiger partial charge in [0.05, 0.1) is 18.4 Å². The zero-order valence-corrected chi connectivity index (χ0v) is 20.9. The first-order chi connectivity index (χ1) is 15.2. The van der Waals surface area contributed by atoms with E-state index < -0.39 is 29.4 Å². The van der Waals surface area contributed by atoms with Crippen LogP contribution in [0.3, 0.4) is 0 Å². The number of benzene rings is 1. The summed E-state index contributed by atoms with van der Waals surface area (Å²) in [5.74, 6) is -3.16. The van der Waals surface area contributed by atoms with Crippen molar-refractivity contribution in [3.05, 3.63) is 52.1 Å². The van der Waals surface area contributed by atoms with E-state index in [-0.39, 0.29) is 69.4 Å². The molecule has 33 heavy (non-hydrogen) atoms. The monoisotopic (exact) mass is 649 g/mol. The molecule has 1 aromatic carbocycles. The van der Waals surface area contributed by atoms with Gasteiger partial charge in [0.1, 0.15) is 6.04 Å². The van der Waals surface area contributed by atoms with Gasteiger partial charge in [0.2, 0.25) is 5.95 Å². The molecule has 2 heterocycles. The van der Waals surface area contributed by atoms with E-state index in [9.17, 15) is 19.2 Å². The van der Waals surface area contributed by atoms with Crippen LogP contribution in [-0.4, -0.2) is 81.3 Å². The third-order valence-electron chi connectivity index (χ3n) is 4.36. The second-order valence-electron chi connectivity index (χ2n) is 6.71. The molecule has 2 aromatic heterocycles. The average Bonchev–Trinajstić information content (AvgIpc) is 2.75. The van der Waals surface area contributed by atoms with Gasteiger partial charge in [-0.25, -0.2) is 14.8 Å². The molecule has 0 aliphatic heterocycles. The van der Waals surface area contributed by atoms with Crippen LogP contribution in [0, 0.1) is 0 Å². The van der Waals surface area contributed by atoms with Gasteiger partial charge >= 0.3 is 11.9 Å². The third-order valence-corrected chi connectivity index (χ3v) is 4.36. The van der Waals surface area contributed by atoms with E-state index in [2.05, 4.69) is 30.6 Å². The number of H-pyrrole nitrogens is 1. The number of amides is 1. The molecule has 0 spiro atoms. The number of hydrogen-bond acceptors (Lipinski definition) is 9. The fourth-order valence-electron chi connectivity index (χ4n) is 2.75. The Kier molecular flexibility index (Phi) is 8.78.